The molecule has 0 bridgehead atoms. The van der Waals surface area contributed by atoms with Crippen molar-refractivity contribution in [2.24, 2.45) is 0 Å². The molecule has 2 N–H and O–H groups in total. The zero-order valence-corrected chi connectivity index (χ0v) is 18.7. The molecule has 34 heavy (non-hydrogen) atoms. The number of ether oxygens (including phenoxy) is 1. The van der Waals surface area contributed by atoms with Crippen molar-refractivity contribution >= 4 is 40.9 Å². The fourth-order valence-corrected chi connectivity index (χ4v) is 3.22. The maximum absolute atomic E-state index is 13.1. The van der Waals surface area contributed by atoms with E-state index in [2.05, 4.69) is 15.6 Å². The molecule has 7 heteroatoms. The Morgan fingerprint density at radius 2 is 1.26 bits per heavy atom. The Hall–Kier alpha value is -4.42. The lowest BCUT2D eigenvalue weighted by atomic mass is 10.1. The van der Waals surface area contributed by atoms with Crippen LogP contribution in [0.25, 0.3) is 6.08 Å². The van der Waals surface area contributed by atoms with Gasteiger partial charge in [0.25, 0.3) is 11.8 Å². The van der Waals surface area contributed by atoms with Gasteiger partial charge in [0.15, 0.2) is 0 Å². The summed E-state index contributed by atoms with van der Waals surface area (Å²) in [6, 6.07) is 28.4. The van der Waals surface area contributed by atoms with Crippen LogP contribution in [0, 0.1) is 0 Å². The number of pyridine rings is 1. The van der Waals surface area contributed by atoms with Crippen molar-refractivity contribution in [1.82, 2.24) is 4.98 Å². The number of hydrogen-bond acceptors (Lipinski definition) is 4. The third-order valence-corrected chi connectivity index (χ3v) is 5.02. The van der Waals surface area contributed by atoms with Gasteiger partial charge in [-0.3, -0.25) is 9.59 Å². The van der Waals surface area contributed by atoms with Crippen molar-refractivity contribution in [2.75, 3.05) is 10.6 Å². The lowest BCUT2D eigenvalue weighted by Gasteiger charge is -2.11. The number of amides is 2. The number of halogens is 1. The standard InChI is InChI=1S/C27H20ClN3O3/c28-25-19(8-7-17-29-25)18-24(26(32)30-20-9-3-1-4-10-20)27(33)31-21-13-15-23(16-14-21)34-22-11-5-2-6-12-22/h1-18H,(H,30,32)(H,31,33). The number of para-hydroxylation sites is 2. The van der Waals surface area contributed by atoms with Crippen LogP contribution in [0.3, 0.4) is 0 Å². The lowest BCUT2D eigenvalue weighted by Crippen LogP contribution is -2.25. The molecule has 0 aliphatic carbocycles. The van der Waals surface area contributed by atoms with Crippen molar-refractivity contribution in [3.05, 3.63) is 120 Å². The van der Waals surface area contributed by atoms with Gasteiger partial charge in [-0.05, 0) is 60.7 Å². The van der Waals surface area contributed by atoms with Crippen LogP contribution in [0.4, 0.5) is 11.4 Å². The Labute approximate surface area is 201 Å². The highest BCUT2D eigenvalue weighted by molar-refractivity contribution is 6.32. The van der Waals surface area contributed by atoms with Gasteiger partial charge in [0.1, 0.15) is 22.2 Å². The van der Waals surface area contributed by atoms with E-state index in [1.807, 2.05) is 36.4 Å². The summed E-state index contributed by atoms with van der Waals surface area (Å²) in [7, 11) is 0. The SMILES string of the molecule is O=C(Nc1ccccc1)C(=Cc1cccnc1Cl)C(=O)Nc1ccc(Oc2ccccc2)cc1. The normalized spacial score (nSPS) is 10.9. The summed E-state index contributed by atoms with van der Waals surface area (Å²) in [5, 5.41) is 5.67. The van der Waals surface area contributed by atoms with Gasteiger partial charge < -0.3 is 15.4 Å². The van der Waals surface area contributed by atoms with Crippen LogP contribution >= 0.6 is 11.6 Å². The van der Waals surface area contributed by atoms with E-state index in [4.69, 9.17) is 16.3 Å². The average molecular weight is 470 g/mol. The van der Waals surface area contributed by atoms with Crippen LogP contribution in [0.1, 0.15) is 5.56 Å². The van der Waals surface area contributed by atoms with Crippen LogP contribution in [0.2, 0.25) is 5.15 Å². The molecule has 0 atom stereocenters. The van der Waals surface area contributed by atoms with Crippen molar-refractivity contribution in [3.63, 3.8) is 0 Å². The number of carbonyl (C=O) groups excluding carboxylic acids is 2. The molecule has 0 radical (unpaired) electrons. The second-order valence-corrected chi connectivity index (χ2v) is 7.51. The minimum atomic E-state index is -0.593. The van der Waals surface area contributed by atoms with Gasteiger partial charge >= 0.3 is 0 Å². The Kier molecular flexibility index (Phi) is 7.32. The van der Waals surface area contributed by atoms with Crippen molar-refractivity contribution in [1.29, 1.82) is 0 Å². The Morgan fingerprint density at radius 3 is 1.88 bits per heavy atom. The van der Waals surface area contributed by atoms with E-state index in [0.717, 1.165) is 0 Å². The third-order valence-electron chi connectivity index (χ3n) is 4.70. The molecule has 0 saturated heterocycles. The highest BCUT2D eigenvalue weighted by atomic mass is 35.5. The van der Waals surface area contributed by atoms with Crippen molar-refractivity contribution < 1.29 is 14.3 Å². The van der Waals surface area contributed by atoms with Crippen LogP contribution in [-0.2, 0) is 9.59 Å². The average Bonchev–Trinajstić information content (AvgIpc) is 2.86. The maximum atomic E-state index is 13.1. The van der Waals surface area contributed by atoms with Crippen LogP contribution in [-0.4, -0.2) is 16.8 Å². The summed E-state index contributed by atoms with van der Waals surface area (Å²) in [6.07, 6.45) is 2.94. The molecule has 1 heterocycles. The van der Waals surface area contributed by atoms with Gasteiger partial charge in [0, 0.05) is 23.1 Å². The van der Waals surface area contributed by atoms with Crippen LogP contribution < -0.4 is 15.4 Å². The summed E-state index contributed by atoms with van der Waals surface area (Å²) in [5.41, 5.74) is 1.39. The molecule has 4 rings (SSSR count). The first-order valence-corrected chi connectivity index (χ1v) is 10.8. The van der Waals surface area contributed by atoms with E-state index in [9.17, 15) is 9.59 Å². The summed E-state index contributed by atoms with van der Waals surface area (Å²) >= 11 is 6.15. The van der Waals surface area contributed by atoms with E-state index in [1.165, 1.54) is 12.3 Å². The van der Waals surface area contributed by atoms with E-state index in [1.54, 1.807) is 60.7 Å². The lowest BCUT2D eigenvalue weighted by molar-refractivity contribution is -0.118. The zero-order valence-electron chi connectivity index (χ0n) is 17.9. The topological polar surface area (TPSA) is 80.3 Å². The van der Waals surface area contributed by atoms with Gasteiger partial charge in [-0.1, -0.05) is 54.1 Å². The molecular weight excluding hydrogens is 450 g/mol. The van der Waals surface area contributed by atoms with E-state index in [-0.39, 0.29) is 10.7 Å². The summed E-state index contributed by atoms with van der Waals surface area (Å²) < 4.78 is 5.77. The number of rotatable bonds is 7. The zero-order chi connectivity index (χ0) is 23.8. The molecule has 0 spiro atoms. The van der Waals surface area contributed by atoms with E-state index < -0.39 is 11.8 Å². The van der Waals surface area contributed by atoms with Crippen LogP contribution in [0.15, 0.2) is 109 Å². The largest absolute Gasteiger partial charge is 0.457 e. The first kappa shape index (κ1) is 22.8. The summed E-state index contributed by atoms with van der Waals surface area (Å²) in [4.78, 5) is 30.1. The molecule has 0 fully saturated rings. The molecule has 3 aromatic carbocycles. The fourth-order valence-electron chi connectivity index (χ4n) is 3.05. The Morgan fingerprint density at radius 1 is 0.706 bits per heavy atom. The molecule has 0 saturated carbocycles. The number of anilines is 2. The van der Waals surface area contributed by atoms with Gasteiger partial charge in [-0.25, -0.2) is 4.98 Å². The van der Waals surface area contributed by atoms with Crippen LogP contribution in [0.5, 0.6) is 11.5 Å². The van der Waals surface area contributed by atoms with Gasteiger partial charge in [-0.15, -0.1) is 0 Å². The summed E-state index contributed by atoms with van der Waals surface area (Å²) in [5.74, 6) is 0.150. The monoisotopic (exact) mass is 469 g/mol. The van der Waals surface area contributed by atoms with Gasteiger partial charge in [-0.2, -0.15) is 0 Å². The predicted molar refractivity (Wildman–Crippen MR) is 134 cm³/mol. The third kappa shape index (κ3) is 6.09. The highest BCUT2D eigenvalue weighted by Crippen LogP contribution is 2.23. The molecule has 0 aliphatic heterocycles. The smallest absolute Gasteiger partial charge is 0.261 e. The van der Waals surface area contributed by atoms with Crippen molar-refractivity contribution in [3.8, 4) is 11.5 Å². The number of nitrogens with zero attached hydrogens (tertiary/aromatic N) is 1. The van der Waals surface area contributed by atoms with E-state index >= 15 is 0 Å². The number of aromatic nitrogens is 1. The molecule has 1 aromatic heterocycles. The predicted octanol–water partition coefficient (Wildman–Crippen LogP) is 6.19. The second kappa shape index (κ2) is 10.9. The minimum absolute atomic E-state index is 0.122. The molecule has 0 unspecified atom stereocenters. The first-order valence-electron chi connectivity index (χ1n) is 10.4. The second-order valence-electron chi connectivity index (χ2n) is 7.16. The summed E-state index contributed by atoms with van der Waals surface area (Å²) in [6.45, 7) is 0. The maximum Gasteiger partial charge on any atom is 0.261 e. The molecule has 6 nitrogen and oxygen atoms in total. The number of nitrogens with one attached hydrogen (secondary N) is 2. The number of carbonyl (C=O) groups is 2. The number of benzene rings is 3. The fraction of sp³-hybridized carbons (Fsp3) is 0. The Bertz CT molecular complexity index is 1310. The molecule has 0 aliphatic rings. The first-order chi connectivity index (χ1) is 16.6. The quantitative estimate of drug-likeness (QED) is 0.146. The Balaban J connectivity index is 1.54. The molecule has 4 aromatic rings. The van der Waals surface area contributed by atoms with Gasteiger partial charge in [0.2, 0.25) is 0 Å². The van der Waals surface area contributed by atoms with Gasteiger partial charge in [0.05, 0.1) is 0 Å². The number of hydrogen-bond donors (Lipinski definition) is 2. The molecular formula is C27H20ClN3O3. The highest BCUT2D eigenvalue weighted by Gasteiger charge is 2.20. The molecule has 168 valence electrons. The minimum Gasteiger partial charge on any atom is -0.457 e. The van der Waals surface area contributed by atoms with Crippen molar-refractivity contribution in [2.45, 2.75) is 0 Å². The van der Waals surface area contributed by atoms with E-state index in [0.29, 0.717) is 28.4 Å². The molecule has 2 amide bonds.